The molecule has 0 bridgehead atoms. The van der Waals surface area contributed by atoms with Gasteiger partial charge in [-0.05, 0) is 56.6 Å². The zero-order valence-corrected chi connectivity index (χ0v) is 15.8. The van der Waals surface area contributed by atoms with E-state index in [4.69, 9.17) is 4.74 Å². The Morgan fingerprint density at radius 1 is 1.15 bits per heavy atom. The fourth-order valence-corrected chi connectivity index (χ4v) is 3.53. The minimum atomic E-state index is -0.319. The highest BCUT2D eigenvalue weighted by atomic mass is 16.5. The first kappa shape index (κ1) is 19.2. The second-order valence-electron chi connectivity index (χ2n) is 7.08. The van der Waals surface area contributed by atoms with Gasteiger partial charge in [0.15, 0.2) is 6.61 Å². The number of amides is 1. The normalized spacial score (nSPS) is 14.0. The number of hydrogen-bond donors (Lipinski definition) is 2. The van der Waals surface area contributed by atoms with E-state index in [-0.39, 0.29) is 18.5 Å². The van der Waals surface area contributed by atoms with Crippen LogP contribution in [0.2, 0.25) is 0 Å². The molecule has 5 nitrogen and oxygen atoms in total. The van der Waals surface area contributed by atoms with Crippen molar-refractivity contribution in [2.24, 2.45) is 0 Å². The van der Waals surface area contributed by atoms with Crippen LogP contribution in [0.15, 0.2) is 42.1 Å². The number of esters is 1. The quantitative estimate of drug-likeness (QED) is 0.518. The number of H-pyrrole nitrogens is 1. The first-order valence-corrected chi connectivity index (χ1v) is 9.87. The molecule has 2 aromatic rings. The lowest BCUT2D eigenvalue weighted by atomic mass is 9.97. The fraction of sp³-hybridized carbons (Fsp3) is 0.455. The van der Waals surface area contributed by atoms with Crippen molar-refractivity contribution in [3.8, 4) is 0 Å². The van der Waals surface area contributed by atoms with Crippen molar-refractivity contribution < 1.29 is 14.3 Å². The van der Waals surface area contributed by atoms with Gasteiger partial charge in [-0.3, -0.25) is 9.59 Å². The molecular formula is C22H28N2O3. The van der Waals surface area contributed by atoms with E-state index in [1.807, 2.05) is 24.4 Å². The van der Waals surface area contributed by atoms with Crippen LogP contribution in [-0.4, -0.2) is 30.0 Å². The second kappa shape index (κ2) is 9.95. The lowest BCUT2D eigenvalue weighted by molar-refractivity contribution is -0.148. The molecule has 1 aromatic carbocycles. The number of benzene rings is 1. The van der Waals surface area contributed by atoms with Gasteiger partial charge < -0.3 is 15.0 Å². The van der Waals surface area contributed by atoms with Crippen LogP contribution in [0.1, 0.15) is 50.5 Å². The molecule has 5 heteroatoms. The van der Waals surface area contributed by atoms with Crippen LogP contribution in [0.5, 0.6) is 0 Å². The summed E-state index contributed by atoms with van der Waals surface area (Å²) in [6.07, 6.45) is 11.8. The Morgan fingerprint density at radius 3 is 2.89 bits per heavy atom. The SMILES string of the molecule is O=C(COC(=O)CCCc1c[nH]c2ccccc12)NCCC1=CCCCC1. The summed E-state index contributed by atoms with van der Waals surface area (Å²) in [5.74, 6) is -0.545. The minimum Gasteiger partial charge on any atom is -0.456 e. The largest absolute Gasteiger partial charge is 0.456 e. The van der Waals surface area contributed by atoms with E-state index >= 15 is 0 Å². The van der Waals surface area contributed by atoms with Crippen molar-refractivity contribution >= 4 is 22.8 Å². The van der Waals surface area contributed by atoms with E-state index in [1.54, 1.807) is 0 Å². The van der Waals surface area contributed by atoms with Crippen molar-refractivity contribution in [2.45, 2.75) is 51.4 Å². The Kier molecular flexibility index (Phi) is 7.08. The third-order valence-electron chi connectivity index (χ3n) is 5.02. The lowest BCUT2D eigenvalue weighted by Gasteiger charge is -2.13. The summed E-state index contributed by atoms with van der Waals surface area (Å²) in [6, 6.07) is 8.12. The van der Waals surface area contributed by atoms with E-state index in [2.05, 4.69) is 22.4 Å². The van der Waals surface area contributed by atoms with Crippen molar-refractivity contribution in [2.75, 3.05) is 13.2 Å². The van der Waals surface area contributed by atoms with E-state index in [0.717, 1.165) is 31.2 Å². The zero-order valence-electron chi connectivity index (χ0n) is 15.8. The highest BCUT2D eigenvalue weighted by Crippen LogP contribution is 2.20. The predicted molar refractivity (Wildman–Crippen MR) is 106 cm³/mol. The number of carbonyl (C=O) groups excluding carboxylic acids is 2. The maximum absolute atomic E-state index is 11.8. The van der Waals surface area contributed by atoms with Gasteiger partial charge in [-0.1, -0.05) is 29.8 Å². The first-order valence-electron chi connectivity index (χ1n) is 9.87. The van der Waals surface area contributed by atoms with Gasteiger partial charge in [0.25, 0.3) is 5.91 Å². The van der Waals surface area contributed by atoms with E-state index < -0.39 is 0 Å². The van der Waals surface area contributed by atoms with Crippen LogP contribution in [-0.2, 0) is 20.7 Å². The second-order valence-corrected chi connectivity index (χ2v) is 7.08. The molecule has 1 amide bonds. The third kappa shape index (κ3) is 5.98. The van der Waals surface area contributed by atoms with E-state index in [1.165, 1.54) is 29.4 Å². The molecule has 0 radical (unpaired) electrons. The molecule has 3 rings (SSSR count). The Labute approximate surface area is 160 Å². The monoisotopic (exact) mass is 368 g/mol. The van der Waals surface area contributed by atoms with E-state index in [9.17, 15) is 9.59 Å². The number of aromatic nitrogens is 1. The summed E-state index contributed by atoms with van der Waals surface area (Å²) in [5.41, 5.74) is 3.74. The molecule has 1 aromatic heterocycles. The Balaban J connectivity index is 1.29. The number of rotatable bonds is 9. The molecule has 1 aliphatic carbocycles. The number of aromatic amines is 1. The van der Waals surface area contributed by atoms with Crippen molar-refractivity contribution in [1.82, 2.24) is 10.3 Å². The van der Waals surface area contributed by atoms with Crippen LogP contribution in [0.25, 0.3) is 10.9 Å². The highest BCUT2D eigenvalue weighted by molar-refractivity contribution is 5.83. The topological polar surface area (TPSA) is 71.2 Å². The fourth-order valence-electron chi connectivity index (χ4n) is 3.53. The van der Waals surface area contributed by atoms with Gasteiger partial charge in [-0.2, -0.15) is 0 Å². The summed E-state index contributed by atoms with van der Waals surface area (Å²) in [6.45, 7) is 0.424. The standard InChI is InChI=1S/C22H28N2O3/c25-21(23-14-13-17-7-2-1-3-8-17)16-27-22(26)12-6-9-18-15-24-20-11-5-4-10-19(18)20/h4-5,7,10-11,15,24H,1-3,6,8-9,12-14,16H2,(H,23,25). The molecule has 0 atom stereocenters. The summed E-state index contributed by atoms with van der Waals surface area (Å²) in [5, 5.41) is 4.02. The highest BCUT2D eigenvalue weighted by Gasteiger charge is 2.09. The van der Waals surface area contributed by atoms with Crippen LogP contribution in [0, 0.1) is 0 Å². The van der Waals surface area contributed by atoms with Gasteiger partial charge in [-0.25, -0.2) is 0 Å². The van der Waals surface area contributed by atoms with Gasteiger partial charge in [0, 0.05) is 30.1 Å². The summed E-state index contributed by atoms with van der Waals surface area (Å²) < 4.78 is 5.08. The molecule has 0 saturated carbocycles. The first-order chi connectivity index (χ1) is 13.2. The number of carbonyl (C=O) groups is 2. The molecule has 2 N–H and O–H groups in total. The van der Waals surface area contributed by atoms with Crippen molar-refractivity contribution in [3.05, 3.63) is 47.7 Å². The summed E-state index contributed by atoms with van der Waals surface area (Å²) >= 11 is 0. The molecule has 0 fully saturated rings. The van der Waals surface area contributed by atoms with Crippen LogP contribution in [0.3, 0.4) is 0 Å². The number of nitrogens with one attached hydrogen (secondary N) is 2. The van der Waals surface area contributed by atoms with Gasteiger partial charge in [-0.15, -0.1) is 0 Å². The lowest BCUT2D eigenvalue weighted by Crippen LogP contribution is -2.29. The summed E-state index contributed by atoms with van der Waals surface area (Å²) in [4.78, 5) is 26.9. The molecule has 0 aliphatic heterocycles. The molecule has 1 aliphatic rings. The average molecular weight is 368 g/mol. The van der Waals surface area contributed by atoms with Crippen LogP contribution >= 0.6 is 0 Å². The van der Waals surface area contributed by atoms with Gasteiger partial charge >= 0.3 is 5.97 Å². The Bertz CT molecular complexity index is 807. The third-order valence-corrected chi connectivity index (χ3v) is 5.02. The molecule has 144 valence electrons. The van der Waals surface area contributed by atoms with Gasteiger partial charge in [0.05, 0.1) is 0 Å². The number of hydrogen-bond acceptors (Lipinski definition) is 3. The average Bonchev–Trinajstić information content (AvgIpc) is 3.10. The number of allylic oxidation sites excluding steroid dienone is 1. The molecule has 0 spiro atoms. The smallest absolute Gasteiger partial charge is 0.306 e. The summed E-state index contributed by atoms with van der Waals surface area (Å²) in [7, 11) is 0. The molecule has 0 unspecified atom stereocenters. The minimum absolute atomic E-state index is 0.190. The van der Waals surface area contributed by atoms with Crippen LogP contribution in [0.4, 0.5) is 0 Å². The molecule has 27 heavy (non-hydrogen) atoms. The van der Waals surface area contributed by atoms with E-state index in [0.29, 0.717) is 19.4 Å². The Hall–Kier alpha value is -2.56. The molecular weight excluding hydrogens is 340 g/mol. The number of aryl methyl sites for hydroxylation is 1. The van der Waals surface area contributed by atoms with Crippen molar-refractivity contribution in [1.29, 1.82) is 0 Å². The number of para-hydroxylation sites is 1. The zero-order chi connectivity index (χ0) is 18.9. The number of ether oxygens (including phenoxy) is 1. The van der Waals surface area contributed by atoms with Gasteiger partial charge in [0.1, 0.15) is 0 Å². The van der Waals surface area contributed by atoms with Crippen molar-refractivity contribution in [3.63, 3.8) is 0 Å². The molecule has 1 heterocycles. The predicted octanol–water partition coefficient (Wildman–Crippen LogP) is 4.04. The van der Waals surface area contributed by atoms with Crippen LogP contribution < -0.4 is 5.32 Å². The van der Waals surface area contributed by atoms with Gasteiger partial charge in [0.2, 0.25) is 0 Å². The Morgan fingerprint density at radius 2 is 2.04 bits per heavy atom. The number of fused-ring (bicyclic) bond motifs is 1. The molecule has 0 saturated heterocycles. The maximum Gasteiger partial charge on any atom is 0.306 e. The maximum atomic E-state index is 11.8.